The zero-order chi connectivity index (χ0) is 11.2. The molecule has 0 aliphatic rings. The van der Waals surface area contributed by atoms with Gasteiger partial charge < -0.3 is 10.1 Å². The maximum Gasteiger partial charge on any atom is 0.0599 e. The van der Waals surface area contributed by atoms with Crippen molar-refractivity contribution in [3.63, 3.8) is 0 Å². The van der Waals surface area contributed by atoms with Crippen LogP contribution in [0, 0.1) is 5.92 Å². The molecule has 3 heteroatoms. The molecule has 0 aliphatic heterocycles. The van der Waals surface area contributed by atoms with Crippen LogP contribution in [0.4, 0.5) is 0 Å². The van der Waals surface area contributed by atoms with Crippen LogP contribution < -0.4 is 5.32 Å². The summed E-state index contributed by atoms with van der Waals surface area (Å²) in [5.74, 6) is 1.23. The predicted molar refractivity (Wildman–Crippen MR) is 63.1 cm³/mol. The lowest BCUT2D eigenvalue weighted by Gasteiger charge is -2.23. The van der Waals surface area contributed by atoms with Gasteiger partial charge >= 0.3 is 0 Å². The van der Waals surface area contributed by atoms with Gasteiger partial charge in [0.05, 0.1) is 12.2 Å². The van der Waals surface area contributed by atoms with Gasteiger partial charge in [0.25, 0.3) is 0 Å². The maximum atomic E-state index is 5.83. The molecule has 0 rings (SSSR count). The van der Waals surface area contributed by atoms with E-state index in [9.17, 15) is 0 Å². The fraction of sp³-hybridized carbons (Fsp3) is 1.00. The van der Waals surface area contributed by atoms with E-state index in [-0.39, 0.29) is 5.60 Å². The van der Waals surface area contributed by atoms with E-state index in [4.69, 9.17) is 16.3 Å². The van der Waals surface area contributed by atoms with Crippen LogP contribution in [-0.4, -0.2) is 30.7 Å². The Hall–Kier alpha value is 0.210. The minimum Gasteiger partial charge on any atom is -0.375 e. The Morgan fingerprint density at radius 2 is 1.86 bits per heavy atom. The van der Waals surface area contributed by atoms with E-state index in [0.29, 0.717) is 17.8 Å². The third-order valence-electron chi connectivity index (χ3n) is 2.01. The van der Waals surface area contributed by atoms with E-state index >= 15 is 0 Å². The Balaban J connectivity index is 3.52. The van der Waals surface area contributed by atoms with Gasteiger partial charge in [0, 0.05) is 18.5 Å². The summed E-state index contributed by atoms with van der Waals surface area (Å²) in [5, 5.41) is 3.38. The van der Waals surface area contributed by atoms with E-state index in [1.165, 1.54) is 0 Å². The highest BCUT2D eigenvalue weighted by Crippen LogP contribution is 2.06. The zero-order valence-electron chi connectivity index (χ0n) is 10.1. The molecule has 0 saturated carbocycles. The van der Waals surface area contributed by atoms with Gasteiger partial charge in [-0.25, -0.2) is 0 Å². The van der Waals surface area contributed by atoms with Crippen molar-refractivity contribution >= 4 is 11.6 Å². The molecule has 1 N–H and O–H groups in total. The summed E-state index contributed by atoms with van der Waals surface area (Å²) in [7, 11) is 0. The summed E-state index contributed by atoms with van der Waals surface area (Å²) in [5.41, 5.74) is -0.0457. The van der Waals surface area contributed by atoms with Crippen LogP contribution in [0.25, 0.3) is 0 Å². The van der Waals surface area contributed by atoms with E-state index in [1.54, 1.807) is 0 Å². The van der Waals surface area contributed by atoms with E-state index < -0.39 is 0 Å². The van der Waals surface area contributed by atoms with Gasteiger partial charge in [-0.1, -0.05) is 13.8 Å². The highest BCUT2D eigenvalue weighted by atomic mass is 35.5. The van der Waals surface area contributed by atoms with Crippen molar-refractivity contribution in [2.75, 3.05) is 19.0 Å². The number of ether oxygens (including phenoxy) is 1. The first-order chi connectivity index (χ1) is 6.37. The number of halogens is 1. The van der Waals surface area contributed by atoms with E-state index in [2.05, 4.69) is 39.9 Å². The smallest absolute Gasteiger partial charge is 0.0599 e. The van der Waals surface area contributed by atoms with Crippen molar-refractivity contribution in [2.45, 2.75) is 46.3 Å². The van der Waals surface area contributed by atoms with Crippen molar-refractivity contribution in [2.24, 2.45) is 5.92 Å². The molecule has 0 radical (unpaired) electrons. The standard InChI is InChI=1S/C11H24ClNO/c1-9(2)10(8-12)13-6-7-14-11(3,4)5/h9-10,13H,6-8H2,1-5H3. The minimum atomic E-state index is -0.0457. The lowest BCUT2D eigenvalue weighted by atomic mass is 10.1. The van der Waals surface area contributed by atoms with Crippen LogP contribution in [-0.2, 0) is 4.74 Å². The SMILES string of the molecule is CC(C)C(CCl)NCCOC(C)(C)C. The van der Waals surface area contributed by atoms with Gasteiger partial charge in [-0.3, -0.25) is 0 Å². The highest BCUT2D eigenvalue weighted by Gasteiger charge is 2.12. The molecule has 2 nitrogen and oxygen atoms in total. The van der Waals surface area contributed by atoms with Gasteiger partial charge in [-0.15, -0.1) is 11.6 Å². The summed E-state index contributed by atoms with van der Waals surface area (Å²) in [4.78, 5) is 0. The normalized spacial score (nSPS) is 14.8. The fourth-order valence-electron chi connectivity index (χ4n) is 1.07. The Morgan fingerprint density at radius 3 is 2.21 bits per heavy atom. The summed E-state index contributed by atoms with van der Waals surface area (Å²) in [6.45, 7) is 12.1. The van der Waals surface area contributed by atoms with Crippen LogP contribution in [0.15, 0.2) is 0 Å². The number of hydrogen-bond donors (Lipinski definition) is 1. The van der Waals surface area contributed by atoms with Crippen LogP contribution in [0.2, 0.25) is 0 Å². The molecule has 14 heavy (non-hydrogen) atoms. The minimum absolute atomic E-state index is 0.0457. The van der Waals surface area contributed by atoms with Crippen LogP contribution >= 0.6 is 11.6 Å². The Kier molecular flexibility index (Phi) is 6.75. The molecule has 0 aromatic carbocycles. The first-order valence-corrected chi connectivity index (χ1v) is 5.83. The molecular formula is C11H24ClNO. The van der Waals surface area contributed by atoms with Gasteiger partial charge in [-0.05, 0) is 26.7 Å². The third kappa shape index (κ3) is 7.60. The average Bonchev–Trinajstić information content (AvgIpc) is 2.01. The number of nitrogens with one attached hydrogen (secondary N) is 1. The second kappa shape index (κ2) is 6.65. The van der Waals surface area contributed by atoms with Gasteiger partial charge in [0.1, 0.15) is 0 Å². The summed E-state index contributed by atoms with van der Waals surface area (Å²) < 4.78 is 5.60. The third-order valence-corrected chi connectivity index (χ3v) is 2.35. The van der Waals surface area contributed by atoms with E-state index in [1.807, 2.05) is 0 Å². The maximum absolute atomic E-state index is 5.83. The molecular weight excluding hydrogens is 198 g/mol. The quantitative estimate of drug-likeness (QED) is 0.550. The Labute approximate surface area is 93.4 Å². The van der Waals surface area contributed by atoms with Gasteiger partial charge in [0.15, 0.2) is 0 Å². The monoisotopic (exact) mass is 221 g/mol. The zero-order valence-corrected chi connectivity index (χ0v) is 10.8. The van der Waals surface area contributed by atoms with Gasteiger partial charge in [0.2, 0.25) is 0 Å². The second-order valence-electron chi connectivity index (χ2n) is 4.92. The van der Waals surface area contributed by atoms with Crippen molar-refractivity contribution in [1.29, 1.82) is 0 Å². The van der Waals surface area contributed by atoms with Gasteiger partial charge in [-0.2, -0.15) is 0 Å². The predicted octanol–water partition coefficient (Wildman–Crippen LogP) is 2.65. The topological polar surface area (TPSA) is 21.3 Å². The van der Waals surface area contributed by atoms with Crippen molar-refractivity contribution < 1.29 is 4.74 Å². The molecule has 0 fully saturated rings. The van der Waals surface area contributed by atoms with Crippen molar-refractivity contribution in [3.8, 4) is 0 Å². The molecule has 0 heterocycles. The van der Waals surface area contributed by atoms with Crippen molar-refractivity contribution in [1.82, 2.24) is 5.32 Å². The number of hydrogen-bond acceptors (Lipinski definition) is 2. The molecule has 0 saturated heterocycles. The van der Waals surface area contributed by atoms with Crippen LogP contribution in [0.1, 0.15) is 34.6 Å². The largest absolute Gasteiger partial charge is 0.375 e. The number of rotatable bonds is 6. The molecule has 0 bridgehead atoms. The van der Waals surface area contributed by atoms with Crippen LogP contribution in [0.3, 0.4) is 0 Å². The molecule has 86 valence electrons. The highest BCUT2D eigenvalue weighted by molar-refractivity contribution is 6.18. The molecule has 0 spiro atoms. The first kappa shape index (κ1) is 14.2. The first-order valence-electron chi connectivity index (χ1n) is 5.30. The Bertz CT molecular complexity index is 143. The lowest BCUT2D eigenvalue weighted by Crippen LogP contribution is -2.38. The van der Waals surface area contributed by atoms with Crippen molar-refractivity contribution in [3.05, 3.63) is 0 Å². The summed E-state index contributed by atoms with van der Waals surface area (Å²) >= 11 is 5.83. The molecule has 0 aliphatic carbocycles. The molecule has 1 unspecified atom stereocenters. The Morgan fingerprint density at radius 1 is 1.29 bits per heavy atom. The van der Waals surface area contributed by atoms with Crippen LogP contribution in [0.5, 0.6) is 0 Å². The molecule has 0 aromatic heterocycles. The second-order valence-corrected chi connectivity index (χ2v) is 5.23. The summed E-state index contributed by atoms with van der Waals surface area (Å²) in [6.07, 6.45) is 0. The average molecular weight is 222 g/mol. The lowest BCUT2D eigenvalue weighted by molar-refractivity contribution is -0.00181. The summed E-state index contributed by atoms with van der Waals surface area (Å²) in [6, 6.07) is 0.389. The molecule has 0 amide bonds. The molecule has 1 atom stereocenters. The number of alkyl halides is 1. The van der Waals surface area contributed by atoms with E-state index in [0.717, 1.165) is 13.2 Å². The fourth-order valence-corrected chi connectivity index (χ4v) is 1.54. The molecule has 0 aromatic rings.